The smallest absolute Gasteiger partial charge is 0.234 e. The highest BCUT2D eigenvalue weighted by Gasteiger charge is 2.20. The number of nitrogens with one attached hydrogen (secondary N) is 1. The molecule has 1 aromatic carbocycles. The highest BCUT2D eigenvalue weighted by molar-refractivity contribution is 7.13. The lowest BCUT2D eigenvalue weighted by Crippen LogP contribution is -2.49. The molecule has 6 heteroatoms. The number of carbonyl (C=O) groups is 1. The largest absolute Gasteiger partial charge is 0.353 e. The maximum atomic E-state index is 11.9. The van der Waals surface area contributed by atoms with Crippen molar-refractivity contribution in [2.24, 2.45) is 0 Å². The number of piperazine rings is 1. The number of carbonyl (C=O) groups excluding carboxylic acids is 1. The van der Waals surface area contributed by atoms with Gasteiger partial charge in [0.15, 0.2) is 0 Å². The van der Waals surface area contributed by atoms with E-state index in [0.29, 0.717) is 6.54 Å². The first-order valence-electron chi connectivity index (χ1n) is 8.84. The summed E-state index contributed by atoms with van der Waals surface area (Å²) in [6, 6.07) is 10.5. The second-order valence-electron chi connectivity index (χ2n) is 6.78. The third kappa shape index (κ3) is 5.36. The van der Waals surface area contributed by atoms with Crippen LogP contribution < -0.4 is 5.32 Å². The molecule has 1 aromatic heterocycles. The summed E-state index contributed by atoms with van der Waals surface area (Å²) < 4.78 is 0. The number of thiazole rings is 1. The fraction of sp³-hybridized carbons (Fsp3) is 0.474. The van der Waals surface area contributed by atoms with Gasteiger partial charge in [0, 0.05) is 49.7 Å². The number of hydrogen-bond donors (Lipinski definition) is 1. The minimum absolute atomic E-state index is 0.121. The first-order valence-corrected chi connectivity index (χ1v) is 9.72. The molecule has 0 saturated carbocycles. The summed E-state index contributed by atoms with van der Waals surface area (Å²) in [7, 11) is 0. The Morgan fingerprint density at radius 3 is 2.52 bits per heavy atom. The lowest BCUT2D eigenvalue weighted by molar-refractivity contribution is -0.123. The molecule has 1 amide bonds. The molecule has 0 aliphatic carbocycles. The van der Waals surface area contributed by atoms with E-state index in [-0.39, 0.29) is 11.9 Å². The Morgan fingerprint density at radius 2 is 1.84 bits per heavy atom. The monoisotopic (exact) mass is 358 g/mol. The standard InChI is InChI=1S/C19H26N4OS/c1-15(2)20-18(24)13-23-10-8-22(9-11-23)12-17-14-25-19(21-17)16-6-4-3-5-7-16/h3-7,14-15H,8-13H2,1-2H3,(H,20,24). The fourth-order valence-electron chi connectivity index (χ4n) is 3.00. The zero-order valence-corrected chi connectivity index (χ0v) is 15.8. The molecule has 5 nitrogen and oxygen atoms in total. The molecule has 0 bridgehead atoms. The minimum Gasteiger partial charge on any atom is -0.353 e. The van der Waals surface area contributed by atoms with Gasteiger partial charge in [-0.2, -0.15) is 0 Å². The summed E-state index contributed by atoms with van der Waals surface area (Å²) in [5.74, 6) is 0.121. The number of aromatic nitrogens is 1. The van der Waals surface area contributed by atoms with Crippen LogP contribution in [0.5, 0.6) is 0 Å². The van der Waals surface area contributed by atoms with Crippen LogP contribution in [-0.2, 0) is 11.3 Å². The van der Waals surface area contributed by atoms with E-state index in [2.05, 4.69) is 32.6 Å². The number of nitrogens with zero attached hydrogens (tertiary/aromatic N) is 3. The van der Waals surface area contributed by atoms with Crippen LogP contribution in [0.15, 0.2) is 35.7 Å². The van der Waals surface area contributed by atoms with E-state index in [1.54, 1.807) is 11.3 Å². The lowest BCUT2D eigenvalue weighted by atomic mass is 10.2. The molecular weight excluding hydrogens is 332 g/mol. The molecular formula is C19H26N4OS. The Hall–Kier alpha value is -1.76. The molecule has 134 valence electrons. The van der Waals surface area contributed by atoms with Crippen molar-refractivity contribution in [1.82, 2.24) is 20.1 Å². The van der Waals surface area contributed by atoms with Crippen LogP contribution in [0, 0.1) is 0 Å². The molecule has 25 heavy (non-hydrogen) atoms. The zero-order chi connectivity index (χ0) is 17.6. The van der Waals surface area contributed by atoms with Crippen LogP contribution in [0.4, 0.5) is 0 Å². The van der Waals surface area contributed by atoms with Gasteiger partial charge in [0.25, 0.3) is 0 Å². The highest BCUT2D eigenvalue weighted by atomic mass is 32.1. The summed E-state index contributed by atoms with van der Waals surface area (Å²) in [6.45, 7) is 9.19. The van der Waals surface area contributed by atoms with Crippen LogP contribution in [0.1, 0.15) is 19.5 Å². The normalized spacial score (nSPS) is 16.3. The van der Waals surface area contributed by atoms with Crippen molar-refractivity contribution in [3.63, 3.8) is 0 Å². The van der Waals surface area contributed by atoms with Crippen molar-refractivity contribution in [2.45, 2.75) is 26.4 Å². The van der Waals surface area contributed by atoms with Crippen molar-refractivity contribution < 1.29 is 4.79 Å². The van der Waals surface area contributed by atoms with Gasteiger partial charge in [-0.05, 0) is 13.8 Å². The maximum Gasteiger partial charge on any atom is 0.234 e. The van der Waals surface area contributed by atoms with Crippen LogP contribution in [0.25, 0.3) is 10.6 Å². The summed E-state index contributed by atoms with van der Waals surface area (Å²) >= 11 is 1.70. The molecule has 0 spiro atoms. The van der Waals surface area contributed by atoms with E-state index in [9.17, 15) is 4.79 Å². The number of benzene rings is 1. The van der Waals surface area contributed by atoms with Crippen molar-refractivity contribution in [3.8, 4) is 10.6 Å². The van der Waals surface area contributed by atoms with Gasteiger partial charge in [-0.3, -0.25) is 14.6 Å². The summed E-state index contributed by atoms with van der Waals surface area (Å²) in [4.78, 5) is 21.3. The Balaban J connectivity index is 1.46. The molecule has 0 unspecified atom stereocenters. The first-order chi connectivity index (χ1) is 12.1. The minimum atomic E-state index is 0.121. The SMILES string of the molecule is CC(C)NC(=O)CN1CCN(Cc2csc(-c3ccccc3)n2)CC1. The lowest BCUT2D eigenvalue weighted by Gasteiger charge is -2.34. The highest BCUT2D eigenvalue weighted by Crippen LogP contribution is 2.24. The van der Waals surface area contributed by atoms with Gasteiger partial charge in [-0.1, -0.05) is 30.3 Å². The van der Waals surface area contributed by atoms with Gasteiger partial charge in [0.05, 0.1) is 12.2 Å². The van der Waals surface area contributed by atoms with Crippen LogP contribution in [0.2, 0.25) is 0 Å². The average Bonchev–Trinajstić information content (AvgIpc) is 3.05. The summed E-state index contributed by atoms with van der Waals surface area (Å²) in [5, 5.41) is 6.20. The van der Waals surface area contributed by atoms with Gasteiger partial charge in [0.2, 0.25) is 5.91 Å². The van der Waals surface area contributed by atoms with E-state index in [0.717, 1.165) is 43.4 Å². The van der Waals surface area contributed by atoms with Crippen LogP contribution in [0.3, 0.4) is 0 Å². The molecule has 1 fully saturated rings. The Labute approximate surface area is 153 Å². The van der Waals surface area contributed by atoms with Gasteiger partial charge >= 0.3 is 0 Å². The number of rotatable bonds is 6. The van der Waals surface area contributed by atoms with Gasteiger partial charge in [0.1, 0.15) is 5.01 Å². The van der Waals surface area contributed by atoms with Gasteiger partial charge in [-0.15, -0.1) is 11.3 Å². The van der Waals surface area contributed by atoms with Gasteiger partial charge < -0.3 is 5.32 Å². The van der Waals surface area contributed by atoms with E-state index in [1.807, 2.05) is 32.0 Å². The maximum absolute atomic E-state index is 11.9. The van der Waals surface area contributed by atoms with Crippen LogP contribution in [-0.4, -0.2) is 59.5 Å². The van der Waals surface area contributed by atoms with E-state index in [1.165, 1.54) is 5.56 Å². The Morgan fingerprint density at radius 1 is 1.16 bits per heavy atom. The van der Waals surface area contributed by atoms with Gasteiger partial charge in [-0.25, -0.2) is 4.98 Å². The van der Waals surface area contributed by atoms with E-state index in [4.69, 9.17) is 4.98 Å². The topological polar surface area (TPSA) is 48.5 Å². The Bertz CT molecular complexity index is 678. The number of amides is 1. The summed E-state index contributed by atoms with van der Waals surface area (Å²) in [6.07, 6.45) is 0. The molecule has 1 aliphatic rings. The van der Waals surface area contributed by atoms with Crippen molar-refractivity contribution in [2.75, 3.05) is 32.7 Å². The quantitative estimate of drug-likeness (QED) is 0.862. The first kappa shape index (κ1) is 18.0. The van der Waals surface area contributed by atoms with E-state index < -0.39 is 0 Å². The third-order valence-corrected chi connectivity index (χ3v) is 5.18. The zero-order valence-electron chi connectivity index (χ0n) is 14.9. The van der Waals surface area contributed by atoms with Crippen molar-refractivity contribution in [3.05, 3.63) is 41.4 Å². The molecule has 1 saturated heterocycles. The van der Waals surface area contributed by atoms with Crippen molar-refractivity contribution in [1.29, 1.82) is 0 Å². The van der Waals surface area contributed by atoms with Crippen LogP contribution >= 0.6 is 11.3 Å². The molecule has 2 aromatic rings. The average molecular weight is 359 g/mol. The summed E-state index contributed by atoms with van der Waals surface area (Å²) in [5.41, 5.74) is 2.31. The molecule has 0 atom stereocenters. The number of hydrogen-bond acceptors (Lipinski definition) is 5. The predicted molar refractivity (Wildman–Crippen MR) is 103 cm³/mol. The Kier molecular flexibility index (Phi) is 6.18. The molecule has 3 rings (SSSR count). The molecule has 1 N–H and O–H groups in total. The van der Waals surface area contributed by atoms with Crippen molar-refractivity contribution >= 4 is 17.2 Å². The second-order valence-corrected chi connectivity index (χ2v) is 7.64. The second kappa shape index (κ2) is 8.56. The molecule has 2 heterocycles. The molecule has 0 radical (unpaired) electrons. The third-order valence-electron chi connectivity index (χ3n) is 4.24. The fourth-order valence-corrected chi connectivity index (χ4v) is 3.82. The van der Waals surface area contributed by atoms with E-state index >= 15 is 0 Å². The molecule has 1 aliphatic heterocycles. The predicted octanol–water partition coefficient (Wildman–Crippen LogP) is 2.45.